The molecule has 0 radical (unpaired) electrons. The topological polar surface area (TPSA) is 51.6 Å². The zero-order valence-corrected chi connectivity index (χ0v) is 26.1. The highest BCUT2D eigenvalue weighted by molar-refractivity contribution is 6.04. The third kappa shape index (κ3) is 4.52. The summed E-state index contributed by atoms with van der Waals surface area (Å²) >= 11 is 0. The SMILES string of the molecule is CC1(C)c2ccccc2-c2ccc(-c3cccc(-c4ccc5ccc6ccc(-c7ccc(-c8ncccn8)cc7)nc6c5n4)c3)cc21. The number of fused-ring (bicyclic) bond motifs is 6. The molecule has 9 rings (SSSR count). The van der Waals surface area contributed by atoms with Crippen LogP contribution in [0.2, 0.25) is 0 Å². The van der Waals surface area contributed by atoms with Crippen molar-refractivity contribution in [3.63, 3.8) is 0 Å². The van der Waals surface area contributed by atoms with E-state index in [0.29, 0.717) is 5.82 Å². The minimum atomic E-state index is -0.0370. The second-order valence-electron chi connectivity index (χ2n) is 12.8. The Kier molecular flexibility index (Phi) is 6.12. The Morgan fingerprint density at radius 3 is 1.74 bits per heavy atom. The molecule has 0 aliphatic heterocycles. The largest absolute Gasteiger partial charge is 0.245 e. The van der Waals surface area contributed by atoms with Gasteiger partial charge in [-0.2, -0.15) is 0 Å². The number of nitrogens with zero attached hydrogens (tertiary/aromatic N) is 4. The van der Waals surface area contributed by atoms with Crippen LogP contribution in [0.25, 0.3) is 78.0 Å². The molecule has 47 heavy (non-hydrogen) atoms. The number of pyridine rings is 2. The fourth-order valence-electron chi connectivity index (χ4n) is 7.07. The molecule has 1 aliphatic rings. The van der Waals surface area contributed by atoms with Crippen molar-refractivity contribution < 1.29 is 0 Å². The van der Waals surface area contributed by atoms with Gasteiger partial charge in [-0.25, -0.2) is 19.9 Å². The van der Waals surface area contributed by atoms with Crippen LogP contribution in [0.5, 0.6) is 0 Å². The fraction of sp³-hybridized carbons (Fsp3) is 0.0698. The molecule has 3 heterocycles. The molecule has 4 nitrogen and oxygen atoms in total. The molecule has 0 unspecified atom stereocenters. The first-order valence-electron chi connectivity index (χ1n) is 16.0. The summed E-state index contributed by atoms with van der Waals surface area (Å²) in [6.45, 7) is 4.66. The standard InChI is InChI=1S/C43H30N4/c1-43(2)36-10-4-3-9-34(36)35-20-17-32(26-37(35)43)31-7-5-8-33(25-31)39-22-19-29-14-13-28-18-21-38(46-40(28)41(29)47-39)27-11-15-30(16-12-27)42-44-23-6-24-45-42/h3-26H,1-2H3. The van der Waals surface area contributed by atoms with E-state index in [0.717, 1.165) is 49.9 Å². The predicted molar refractivity (Wildman–Crippen MR) is 192 cm³/mol. The van der Waals surface area contributed by atoms with Crippen LogP contribution in [-0.4, -0.2) is 19.9 Å². The molecule has 0 atom stereocenters. The smallest absolute Gasteiger partial charge is 0.159 e. The maximum Gasteiger partial charge on any atom is 0.159 e. The normalized spacial score (nSPS) is 13.1. The lowest BCUT2D eigenvalue weighted by Crippen LogP contribution is -2.14. The van der Waals surface area contributed by atoms with Crippen LogP contribution in [-0.2, 0) is 5.41 Å². The summed E-state index contributed by atoms with van der Waals surface area (Å²) in [5, 5.41) is 2.13. The lowest BCUT2D eigenvalue weighted by atomic mass is 9.81. The van der Waals surface area contributed by atoms with Gasteiger partial charge < -0.3 is 0 Å². The maximum atomic E-state index is 5.23. The second kappa shape index (κ2) is 10.5. The molecule has 0 amide bonds. The first-order chi connectivity index (χ1) is 23.0. The molecule has 0 saturated carbocycles. The van der Waals surface area contributed by atoms with Crippen LogP contribution >= 0.6 is 0 Å². The Morgan fingerprint density at radius 2 is 1.00 bits per heavy atom. The van der Waals surface area contributed by atoms with Crippen LogP contribution in [0, 0.1) is 0 Å². The highest BCUT2D eigenvalue weighted by Crippen LogP contribution is 2.49. The van der Waals surface area contributed by atoms with Crippen LogP contribution in [0.3, 0.4) is 0 Å². The number of benzene rings is 5. The molecule has 222 valence electrons. The zero-order chi connectivity index (χ0) is 31.5. The zero-order valence-electron chi connectivity index (χ0n) is 26.1. The predicted octanol–water partition coefficient (Wildman–Crippen LogP) is 10.5. The van der Waals surface area contributed by atoms with Crippen molar-refractivity contribution in [3.8, 4) is 56.2 Å². The van der Waals surface area contributed by atoms with Gasteiger partial charge in [-0.3, -0.25) is 0 Å². The molecule has 8 aromatic rings. The van der Waals surface area contributed by atoms with Crippen molar-refractivity contribution in [2.45, 2.75) is 19.3 Å². The van der Waals surface area contributed by atoms with Gasteiger partial charge in [-0.05, 0) is 63.7 Å². The van der Waals surface area contributed by atoms with Crippen LogP contribution in [0.1, 0.15) is 25.0 Å². The van der Waals surface area contributed by atoms with Gasteiger partial charge in [0.1, 0.15) is 0 Å². The quantitative estimate of drug-likeness (QED) is 0.188. The lowest BCUT2D eigenvalue weighted by Gasteiger charge is -2.22. The molecule has 0 N–H and O–H groups in total. The van der Waals surface area contributed by atoms with Crippen molar-refractivity contribution in [1.29, 1.82) is 0 Å². The van der Waals surface area contributed by atoms with E-state index in [-0.39, 0.29) is 5.41 Å². The Hall–Kier alpha value is -6.00. The number of rotatable bonds is 4. The number of aromatic nitrogens is 4. The average molecular weight is 603 g/mol. The molecule has 0 fully saturated rings. The van der Waals surface area contributed by atoms with Crippen LogP contribution in [0.15, 0.2) is 146 Å². The molecule has 0 bridgehead atoms. The van der Waals surface area contributed by atoms with E-state index in [1.165, 1.54) is 33.4 Å². The van der Waals surface area contributed by atoms with Crippen molar-refractivity contribution in [1.82, 2.24) is 19.9 Å². The van der Waals surface area contributed by atoms with Gasteiger partial charge in [0.2, 0.25) is 0 Å². The maximum absolute atomic E-state index is 5.23. The van der Waals surface area contributed by atoms with E-state index in [9.17, 15) is 0 Å². The minimum absolute atomic E-state index is 0.0370. The summed E-state index contributed by atoms with van der Waals surface area (Å²) in [4.78, 5) is 19.1. The highest BCUT2D eigenvalue weighted by Gasteiger charge is 2.35. The highest BCUT2D eigenvalue weighted by atomic mass is 14.8. The first-order valence-corrected chi connectivity index (χ1v) is 16.0. The molecule has 0 saturated heterocycles. The first kappa shape index (κ1) is 27.3. The third-order valence-electron chi connectivity index (χ3n) is 9.60. The van der Waals surface area contributed by atoms with E-state index in [4.69, 9.17) is 9.97 Å². The summed E-state index contributed by atoms with van der Waals surface area (Å²) in [5.74, 6) is 0.711. The minimum Gasteiger partial charge on any atom is -0.245 e. The molecule has 3 aromatic heterocycles. The van der Waals surface area contributed by atoms with E-state index in [2.05, 4.69) is 139 Å². The number of hydrogen-bond acceptors (Lipinski definition) is 4. The molecule has 5 aromatic carbocycles. The van der Waals surface area contributed by atoms with Gasteiger partial charge in [-0.15, -0.1) is 0 Å². The van der Waals surface area contributed by atoms with Gasteiger partial charge in [0.15, 0.2) is 5.82 Å². The van der Waals surface area contributed by atoms with Crippen molar-refractivity contribution >= 4 is 21.8 Å². The Morgan fingerprint density at radius 1 is 0.426 bits per heavy atom. The molecule has 0 spiro atoms. The fourth-order valence-corrected chi connectivity index (χ4v) is 7.07. The Labute approximate surface area is 273 Å². The summed E-state index contributed by atoms with van der Waals surface area (Å²) < 4.78 is 0. The summed E-state index contributed by atoms with van der Waals surface area (Å²) in [7, 11) is 0. The molecular formula is C43H30N4. The summed E-state index contributed by atoms with van der Waals surface area (Å²) in [6, 6.07) is 47.2. The van der Waals surface area contributed by atoms with Gasteiger partial charge >= 0.3 is 0 Å². The van der Waals surface area contributed by atoms with Gasteiger partial charge in [0.25, 0.3) is 0 Å². The van der Waals surface area contributed by atoms with Crippen LogP contribution < -0.4 is 0 Å². The van der Waals surface area contributed by atoms with Gasteiger partial charge in [0.05, 0.1) is 22.4 Å². The van der Waals surface area contributed by atoms with Gasteiger partial charge in [0, 0.05) is 45.3 Å². The van der Waals surface area contributed by atoms with E-state index in [1.807, 2.05) is 18.2 Å². The van der Waals surface area contributed by atoms with Crippen LogP contribution in [0.4, 0.5) is 0 Å². The van der Waals surface area contributed by atoms with Crippen molar-refractivity contribution in [3.05, 3.63) is 157 Å². The van der Waals surface area contributed by atoms with Crippen molar-refractivity contribution in [2.24, 2.45) is 0 Å². The molecule has 4 heteroatoms. The van der Waals surface area contributed by atoms with Crippen molar-refractivity contribution in [2.75, 3.05) is 0 Å². The monoisotopic (exact) mass is 602 g/mol. The summed E-state index contributed by atoms with van der Waals surface area (Å²) in [5.41, 5.74) is 14.5. The van der Waals surface area contributed by atoms with Gasteiger partial charge in [-0.1, -0.05) is 117 Å². The third-order valence-corrected chi connectivity index (χ3v) is 9.60. The lowest BCUT2D eigenvalue weighted by molar-refractivity contribution is 0.660. The average Bonchev–Trinajstić information content (AvgIpc) is 3.37. The molecular weight excluding hydrogens is 573 g/mol. The van der Waals surface area contributed by atoms with E-state index < -0.39 is 0 Å². The number of hydrogen-bond donors (Lipinski definition) is 0. The second-order valence-corrected chi connectivity index (χ2v) is 12.8. The summed E-state index contributed by atoms with van der Waals surface area (Å²) in [6.07, 6.45) is 3.52. The van der Waals surface area contributed by atoms with E-state index >= 15 is 0 Å². The molecule has 1 aliphatic carbocycles. The van der Waals surface area contributed by atoms with E-state index in [1.54, 1.807) is 12.4 Å². The Balaban J connectivity index is 1.09. The Bertz CT molecular complexity index is 2480.